The first-order valence-electron chi connectivity index (χ1n) is 10.1. The highest BCUT2D eigenvalue weighted by Crippen LogP contribution is 2.26. The molecule has 0 saturated carbocycles. The Hall–Kier alpha value is -3.42. The van der Waals surface area contributed by atoms with Crippen LogP contribution in [0.15, 0.2) is 82.1 Å². The van der Waals surface area contributed by atoms with Gasteiger partial charge in [0, 0.05) is 21.8 Å². The molecule has 0 radical (unpaired) electrons. The van der Waals surface area contributed by atoms with Crippen LogP contribution in [0.3, 0.4) is 0 Å². The summed E-state index contributed by atoms with van der Waals surface area (Å²) < 4.78 is 31.1. The van der Waals surface area contributed by atoms with Gasteiger partial charge in [-0.15, -0.1) is 0 Å². The van der Waals surface area contributed by atoms with Crippen LogP contribution in [0.5, 0.6) is 0 Å². The zero-order valence-electron chi connectivity index (χ0n) is 18.0. The molecule has 0 fully saturated rings. The summed E-state index contributed by atoms with van der Waals surface area (Å²) in [4.78, 5) is 17.2. The van der Waals surface area contributed by atoms with E-state index in [0.717, 1.165) is 5.56 Å². The number of carbonyl (C=O) groups excluding carboxylic acids is 1. The minimum atomic E-state index is -3.54. The molecule has 4 aromatic rings. The van der Waals surface area contributed by atoms with Crippen molar-refractivity contribution in [2.75, 3.05) is 5.32 Å². The van der Waals surface area contributed by atoms with E-state index in [0.29, 0.717) is 39.2 Å². The number of nitrogens with zero attached hydrogens (tertiary/aromatic N) is 1. The summed E-state index contributed by atoms with van der Waals surface area (Å²) in [5, 5.41) is 3.47. The van der Waals surface area contributed by atoms with Crippen molar-refractivity contribution in [1.29, 1.82) is 0 Å². The molecular weight excluding hydrogens is 460 g/mol. The van der Waals surface area contributed by atoms with Crippen molar-refractivity contribution in [2.45, 2.75) is 24.5 Å². The van der Waals surface area contributed by atoms with Crippen molar-refractivity contribution >= 4 is 33.0 Å². The zero-order chi connectivity index (χ0) is 23.6. The first kappa shape index (κ1) is 22.8. The van der Waals surface area contributed by atoms with Crippen LogP contribution in [0, 0.1) is 13.8 Å². The van der Waals surface area contributed by atoms with Crippen LogP contribution < -0.4 is 5.32 Å². The summed E-state index contributed by atoms with van der Waals surface area (Å²) >= 11 is 5.96. The number of halogens is 1. The Morgan fingerprint density at radius 3 is 2.36 bits per heavy atom. The van der Waals surface area contributed by atoms with Crippen LogP contribution in [0.4, 0.5) is 5.69 Å². The van der Waals surface area contributed by atoms with E-state index in [1.165, 1.54) is 0 Å². The lowest BCUT2D eigenvalue weighted by Gasteiger charge is -2.09. The number of benzene rings is 3. The molecule has 0 saturated heterocycles. The Balaban J connectivity index is 1.51. The minimum absolute atomic E-state index is 0.236. The van der Waals surface area contributed by atoms with Gasteiger partial charge in [-0.25, -0.2) is 13.4 Å². The molecule has 0 spiro atoms. The fourth-order valence-corrected chi connectivity index (χ4v) is 4.90. The lowest BCUT2D eigenvalue weighted by Crippen LogP contribution is -2.12. The van der Waals surface area contributed by atoms with Crippen molar-refractivity contribution in [2.24, 2.45) is 0 Å². The lowest BCUT2D eigenvalue weighted by molar-refractivity contribution is 0.102. The standard InChI is InChI=1S/C25H21ClN2O4S/c1-16-14-20(26)12-13-22(16)27-24(29)18-8-10-19(11-9-18)25-28-23(17(2)32-25)15-33(30,31)21-6-4-3-5-7-21/h3-14H,15H2,1-2H3,(H,27,29). The first-order chi connectivity index (χ1) is 15.7. The molecule has 0 atom stereocenters. The number of oxazole rings is 1. The number of hydrogen-bond acceptors (Lipinski definition) is 5. The molecule has 0 aliphatic carbocycles. The number of nitrogens with one attached hydrogen (secondary N) is 1. The van der Waals surface area contributed by atoms with Gasteiger partial charge in [-0.1, -0.05) is 29.8 Å². The largest absolute Gasteiger partial charge is 0.441 e. The maximum Gasteiger partial charge on any atom is 0.255 e. The smallest absolute Gasteiger partial charge is 0.255 e. The number of aromatic nitrogens is 1. The van der Waals surface area contributed by atoms with E-state index in [1.807, 2.05) is 6.92 Å². The number of amides is 1. The van der Waals surface area contributed by atoms with Gasteiger partial charge in [-0.05, 0) is 74.0 Å². The molecule has 3 aromatic carbocycles. The van der Waals surface area contributed by atoms with Crippen molar-refractivity contribution in [1.82, 2.24) is 4.98 Å². The van der Waals surface area contributed by atoms with Crippen LogP contribution in [0.1, 0.15) is 27.4 Å². The summed E-state index contributed by atoms with van der Waals surface area (Å²) in [5.74, 6) is 0.216. The van der Waals surface area contributed by atoms with Crippen LogP contribution in [0.25, 0.3) is 11.5 Å². The minimum Gasteiger partial charge on any atom is -0.441 e. The van der Waals surface area contributed by atoms with Crippen molar-refractivity contribution in [3.05, 3.63) is 100 Å². The second-order valence-electron chi connectivity index (χ2n) is 7.58. The van der Waals surface area contributed by atoms with E-state index < -0.39 is 9.84 Å². The predicted molar refractivity (Wildman–Crippen MR) is 128 cm³/mol. The van der Waals surface area contributed by atoms with Crippen LogP contribution in [0.2, 0.25) is 5.02 Å². The average Bonchev–Trinajstić information content (AvgIpc) is 3.16. The number of carbonyl (C=O) groups is 1. The SMILES string of the molecule is Cc1cc(Cl)ccc1NC(=O)c1ccc(-c2nc(CS(=O)(=O)c3ccccc3)c(C)o2)cc1. The van der Waals surface area contributed by atoms with Gasteiger partial charge >= 0.3 is 0 Å². The number of aryl methyl sites for hydroxylation is 2. The van der Waals surface area contributed by atoms with E-state index in [4.69, 9.17) is 16.0 Å². The van der Waals surface area contributed by atoms with E-state index in [-0.39, 0.29) is 16.6 Å². The van der Waals surface area contributed by atoms with Gasteiger partial charge in [-0.2, -0.15) is 0 Å². The molecule has 1 heterocycles. The molecule has 1 amide bonds. The fraction of sp³-hybridized carbons (Fsp3) is 0.120. The third-order valence-electron chi connectivity index (χ3n) is 5.15. The Labute approximate surface area is 197 Å². The molecule has 1 aromatic heterocycles. The average molecular weight is 481 g/mol. The summed E-state index contributed by atoms with van der Waals surface area (Å²) in [6, 6.07) is 20.2. The van der Waals surface area contributed by atoms with Crippen molar-refractivity contribution in [3.8, 4) is 11.5 Å². The quantitative estimate of drug-likeness (QED) is 0.374. The zero-order valence-corrected chi connectivity index (χ0v) is 19.6. The third kappa shape index (κ3) is 5.16. The highest BCUT2D eigenvalue weighted by Gasteiger charge is 2.21. The number of hydrogen-bond donors (Lipinski definition) is 1. The Kier molecular flexibility index (Phi) is 6.35. The Bertz CT molecular complexity index is 1410. The van der Waals surface area contributed by atoms with Gasteiger partial charge in [0.25, 0.3) is 5.91 Å². The predicted octanol–water partition coefficient (Wildman–Crippen LogP) is 5.84. The number of rotatable bonds is 6. The normalized spacial score (nSPS) is 11.4. The first-order valence-corrected chi connectivity index (χ1v) is 12.2. The molecule has 8 heteroatoms. The van der Waals surface area contributed by atoms with Gasteiger partial charge in [0.05, 0.1) is 10.6 Å². The van der Waals surface area contributed by atoms with Crippen LogP contribution in [-0.4, -0.2) is 19.3 Å². The van der Waals surface area contributed by atoms with Gasteiger partial charge in [0.15, 0.2) is 9.84 Å². The maximum absolute atomic E-state index is 12.7. The maximum atomic E-state index is 12.7. The summed E-state index contributed by atoms with van der Waals surface area (Å²) in [6.07, 6.45) is 0. The van der Waals surface area contributed by atoms with Gasteiger partial charge in [0.2, 0.25) is 5.89 Å². The highest BCUT2D eigenvalue weighted by molar-refractivity contribution is 7.90. The van der Waals surface area contributed by atoms with Crippen LogP contribution in [-0.2, 0) is 15.6 Å². The molecule has 0 aliphatic rings. The number of anilines is 1. The topological polar surface area (TPSA) is 89.3 Å². The summed E-state index contributed by atoms with van der Waals surface area (Å²) in [6.45, 7) is 3.55. The second-order valence-corrected chi connectivity index (χ2v) is 10.0. The van der Waals surface area contributed by atoms with Gasteiger partial charge in [-0.3, -0.25) is 4.79 Å². The molecular formula is C25H21ClN2O4S. The monoisotopic (exact) mass is 480 g/mol. The molecule has 4 rings (SSSR count). The highest BCUT2D eigenvalue weighted by atomic mass is 35.5. The molecule has 0 unspecified atom stereocenters. The van der Waals surface area contributed by atoms with Gasteiger partial charge < -0.3 is 9.73 Å². The second kappa shape index (κ2) is 9.21. The Morgan fingerprint density at radius 2 is 1.70 bits per heavy atom. The summed E-state index contributed by atoms with van der Waals surface area (Å²) in [7, 11) is -3.54. The summed E-state index contributed by atoms with van der Waals surface area (Å²) in [5.41, 5.74) is 3.00. The molecule has 0 aliphatic heterocycles. The third-order valence-corrected chi connectivity index (χ3v) is 7.03. The van der Waals surface area contributed by atoms with E-state index in [1.54, 1.807) is 79.7 Å². The Morgan fingerprint density at radius 1 is 1.00 bits per heavy atom. The molecule has 168 valence electrons. The molecule has 33 heavy (non-hydrogen) atoms. The van der Waals surface area contributed by atoms with Gasteiger partial charge in [0.1, 0.15) is 11.5 Å². The van der Waals surface area contributed by atoms with E-state index in [2.05, 4.69) is 10.3 Å². The van der Waals surface area contributed by atoms with Crippen molar-refractivity contribution < 1.29 is 17.6 Å². The van der Waals surface area contributed by atoms with Crippen molar-refractivity contribution in [3.63, 3.8) is 0 Å². The fourth-order valence-electron chi connectivity index (χ4n) is 3.30. The lowest BCUT2D eigenvalue weighted by atomic mass is 10.1. The molecule has 6 nitrogen and oxygen atoms in total. The molecule has 0 bridgehead atoms. The van der Waals surface area contributed by atoms with E-state index in [9.17, 15) is 13.2 Å². The van der Waals surface area contributed by atoms with Crippen LogP contribution >= 0.6 is 11.6 Å². The number of sulfone groups is 1. The molecule has 1 N–H and O–H groups in total. The van der Waals surface area contributed by atoms with E-state index >= 15 is 0 Å².